The first kappa shape index (κ1) is 10.8. The van der Waals surface area contributed by atoms with Crippen LogP contribution in [-0.2, 0) is 0 Å². The lowest BCUT2D eigenvalue weighted by molar-refractivity contribution is 0.112. The molecule has 74 valence electrons. The van der Waals surface area contributed by atoms with Crippen molar-refractivity contribution in [1.29, 1.82) is 0 Å². The molecular formula is C10H13BO3. The van der Waals surface area contributed by atoms with Crippen molar-refractivity contribution in [2.45, 2.75) is 20.0 Å². The Morgan fingerprint density at radius 2 is 2.14 bits per heavy atom. The van der Waals surface area contributed by atoms with Crippen molar-refractivity contribution in [3.63, 3.8) is 0 Å². The number of carbonyl (C=O) groups is 1. The molecule has 4 heteroatoms. The summed E-state index contributed by atoms with van der Waals surface area (Å²) >= 11 is 0. The topological polar surface area (TPSA) is 46.5 Å². The van der Waals surface area contributed by atoms with Gasteiger partial charge in [0.25, 0.3) is 0 Å². The van der Waals surface area contributed by atoms with Crippen molar-refractivity contribution in [2.24, 2.45) is 0 Å². The van der Waals surface area contributed by atoms with Crippen molar-refractivity contribution in [3.05, 3.63) is 23.8 Å². The molecule has 0 heterocycles. The zero-order chi connectivity index (χ0) is 10.6. The van der Waals surface area contributed by atoms with E-state index in [2.05, 4.69) is 0 Å². The van der Waals surface area contributed by atoms with Crippen LogP contribution in [0, 0.1) is 0 Å². The van der Waals surface area contributed by atoms with E-state index in [4.69, 9.17) is 9.76 Å². The molecule has 0 saturated carbocycles. The molecule has 0 aromatic heterocycles. The van der Waals surface area contributed by atoms with Crippen LogP contribution in [0.1, 0.15) is 24.2 Å². The first-order chi connectivity index (χ1) is 6.65. The molecule has 0 radical (unpaired) electrons. The van der Waals surface area contributed by atoms with Crippen molar-refractivity contribution in [3.8, 4) is 5.75 Å². The second kappa shape index (κ2) is 4.81. The minimum absolute atomic E-state index is 0.0587. The van der Waals surface area contributed by atoms with E-state index in [0.29, 0.717) is 16.8 Å². The van der Waals surface area contributed by atoms with Crippen LogP contribution >= 0.6 is 0 Å². The predicted molar refractivity (Wildman–Crippen MR) is 56.6 cm³/mol. The molecule has 0 fully saturated rings. The Bertz CT molecular complexity index is 323. The van der Waals surface area contributed by atoms with Gasteiger partial charge in [-0.15, -0.1) is 0 Å². The van der Waals surface area contributed by atoms with Gasteiger partial charge in [0.15, 0.2) is 0 Å². The number of hydrogen-bond acceptors (Lipinski definition) is 3. The highest BCUT2D eigenvalue weighted by Crippen LogP contribution is 2.12. The second-order valence-corrected chi connectivity index (χ2v) is 3.35. The van der Waals surface area contributed by atoms with Crippen molar-refractivity contribution < 1.29 is 14.6 Å². The van der Waals surface area contributed by atoms with E-state index in [1.165, 1.54) is 0 Å². The molecule has 0 aliphatic carbocycles. The van der Waals surface area contributed by atoms with Crippen LogP contribution in [0.25, 0.3) is 0 Å². The summed E-state index contributed by atoms with van der Waals surface area (Å²) in [5.74, 6) is 0.619. The van der Waals surface area contributed by atoms with E-state index in [9.17, 15) is 4.79 Å². The monoisotopic (exact) mass is 192 g/mol. The fraction of sp³-hybridized carbons (Fsp3) is 0.300. The van der Waals surface area contributed by atoms with Gasteiger partial charge in [-0.3, -0.25) is 4.79 Å². The van der Waals surface area contributed by atoms with Crippen LogP contribution in [0.4, 0.5) is 0 Å². The third-order valence-electron chi connectivity index (χ3n) is 1.68. The summed E-state index contributed by atoms with van der Waals surface area (Å²) in [5, 5.41) is 8.94. The number of ether oxygens (including phenoxy) is 1. The summed E-state index contributed by atoms with van der Waals surface area (Å²) in [4.78, 5) is 10.6. The van der Waals surface area contributed by atoms with Gasteiger partial charge in [0, 0.05) is 5.56 Å². The van der Waals surface area contributed by atoms with Crippen molar-refractivity contribution in [2.75, 3.05) is 0 Å². The van der Waals surface area contributed by atoms with Gasteiger partial charge in [0.1, 0.15) is 12.0 Å². The van der Waals surface area contributed by atoms with E-state index >= 15 is 0 Å². The molecule has 0 spiro atoms. The number of aldehydes is 1. The van der Waals surface area contributed by atoms with Gasteiger partial charge in [0.2, 0.25) is 0 Å². The molecule has 1 aromatic rings. The Morgan fingerprint density at radius 1 is 1.43 bits per heavy atom. The van der Waals surface area contributed by atoms with Crippen LogP contribution in [0.3, 0.4) is 0 Å². The van der Waals surface area contributed by atoms with Gasteiger partial charge in [0.05, 0.1) is 6.10 Å². The summed E-state index contributed by atoms with van der Waals surface area (Å²) in [6, 6.07) is 5.03. The molecule has 1 aromatic carbocycles. The van der Waals surface area contributed by atoms with Gasteiger partial charge < -0.3 is 9.76 Å². The lowest BCUT2D eigenvalue weighted by atomic mass is 9.87. The van der Waals surface area contributed by atoms with Gasteiger partial charge in [-0.25, -0.2) is 0 Å². The lowest BCUT2D eigenvalue weighted by Crippen LogP contribution is -2.16. The molecule has 0 atom stereocenters. The highest BCUT2D eigenvalue weighted by Gasteiger charge is 2.03. The van der Waals surface area contributed by atoms with Crippen LogP contribution in [-0.4, -0.2) is 24.9 Å². The smallest absolute Gasteiger partial charge is 0.304 e. The third-order valence-corrected chi connectivity index (χ3v) is 1.68. The molecular weight excluding hydrogens is 179 g/mol. The van der Waals surface area contributed by atoms with E-state index in [1.807, 2.05) is 13.8 Å². The SMILES string of the molecule is CC(C)Oc1cc(BO)cc(C=O)c1. The number of rotatable bonds is 4. The fourth-order valence-electron chi connectivity index (χ4n) is 1.19. The van der Waals surface area contributed by atoms with Crippen LogP contribution in [0.15, 0.2) is 18.2 Å². The fourth-order valence-corrected chi connectivity index (χ4v) is 1.19. The summed E-state index contributed by atoms with van der Waals surface area (Å²) in [7, 11) is -0.0872. The zero-order valence-corrected chi connectivity index (χ0v) is 8.36. The Hall–Kier alpha value is -1.29. The summed E-state index contributed by atoms with van der Waals surface area (Å²) in [5.41, 5.74) is 1.21. The quantitative estimate of drug-likeness (QED) is 0.549. The molecule has 14 heavy (non-hydrogen) atoms. The molecule has 0 unspecified atom stereocenters. The first-order valence-electron chi connectivity index (χ1n) is 4.52. The maximum Gasteiger partial charge on any atom is 0.304 e. The number of hydrogen-bond donors (Lipinski definition) is 1. The molecule has 1 rings (SSSR count). The minimum Gasteiger partial charge on any atom is -0.491 e. The van der Waals surface area contributed by atoms with Gasteiger partial charge in [-0.2, -0.15) is 0 Å². The lowest BCUT2D eigenvalue weighted by Gasteiger charge is -2.10. The van der Waals surface area contributed by atoms with Gasteiger partial charge in [-0.05, 0) is 31.4 Å². The Morgan fingerprint density at radius 3 is 2.64 bits per heavy atom. The first-order valence-corrected chi connectivity index (χ1v) is 4.52. The standard InChI is InChI=1S/C10H13BO3/c1-7(2)14-10-4-8(6-12)3-9(5-10)11-13/h3-7,11,13H,1-2H3. The highest BCUT2D eigenvalue weighted by molar-refractivity contribution is 6.45. The Kier molecular flexibility index (Phi) is 3.71. The summed E-state index contributed by atoms with van der Waals surface area (Å²) < 4.78 is 5.43. The minimum atomic E-state index is -0.0872. The Labute approximate surface area is 84.0 Å². The highest BCUT2D eigenvalue weighted by atomic mass is 16.5. The van der Waals surface area contributed by atoms with Gasteiger partial charge >= 0.3 is 7.48 Å². The van der Waals surface area contributed by atoms with Crippen LogP contribution < -0.4 is 10.2 Å². The summed E-state index contributed by atoms with van der Waals surface area (Å²) in [6.07, 6.45) is 0.801. The van der Waals surface area contributed by atoms with Crippen molar-refractivity contribution >= 4 is 19.2 Å². The van der Waals surface area contributed by atoms with Crippen LogP contribution in [0.5, 0.6) is 5.75 Å². The van der Waals surface area contributed by atoms with Crippen LogP contribution in [0.2, 0.25) is 0 Å². The molecule has 0 aliphatic heterocycles. The molecule has 0 amide bonds. The van der Waals surface area contributed by atoms with E-state index in [1.54, 1.807) is 18.2 Å². The molecule has 0 bridgehead atoms. The average molecular weight is 192 g/mol. The Balaban J connectivity index is 2.98. The average Bonchev–Trinajstić information content (AvgIpc) is 2.16. The van der Waals surface area contributed by atoms with Crippen molar-refractivity contribution in [1.82, 2.24) is 0 Å². The predicted octanol–water partition coefficient (Wildman–Crippen LogP) is 0.255. The maximum absolute atomic E-state index is 10.6. The molecule has 0 saturated heterocycles. The van der Waals surface area contributed by atoms with E-state index < -0.39 is 0 Å². The molecule has 1 N–H and O–H groups in total. The molecule has 3 nitrogen and oxygen atoms in total. The molecule has 0 aliphatic rings. The number of carbonyl (C=O) groups excluding carboxylic acids is 1. The largest absolute Gasteiger partial charge is 0.491 e. The van der Waals surface area contributed by atoms with E-state index in [-0.39, 0.29) is 13.6 Å². The second-order valence-electron chi connectivity index (χ2n) is 3.35. The summed E-state index contributed by atoms with van der Waals surface area (Å²) in [6.45, 7) is 3.82. The van der Waals surface area contributed by atoms with Gasteiger partial charge in [-0.1, -0.05) is 6.07 Å². The normalized spacial score (nSPS) is 10.0. The zero-order valence-electron chi connectivity index (χ0n) is 8.36. The maximum atomic E-state index is 10.6. The van der Waals surface area contributed by atoms with E-state index in [0.717, 1.165) is 6.29 Å². The third kappa shape index (κ3) is 2.89. The number of benzene rings is 1.